The molecule has 3 aliphatic carbocycles. The van der Waals surface area contributed by atoms with Crippen LogP contribution in [-0.2, 0) is 12.8 Å². The Kier molecular flexibility index (Phi) is 8.17. The van der Waals surface area contributed by atoms with Crippen molar-refractivity contribution in [3.05, 3.63) is 190 Å². The van der Waals surface area contributed by atoms with Gasteiger partial charge in [0, 0.05) is 0 Å². The van der Waals surface area contributed by atoms with Crippen LogP contribution in [0.3, 0.4) is 0 Å². The summed E-state index contributed by atoms with van der Waals surface area (Å²) in [6.45, 7) is 0. The Labute approximate surface area is 327 Å². The standard InChI is InChI=1S/C54H44Si/c1-3-18-35(19-4-1)50-40-25-9-7-23-38(40)47(39-24-8-10-26-41(39)50)34-37-22-17-33-48-52(37)54-46(31-15-16-32-49(54)55-48)53-44-29-13-11-27-42(44)51(36-20-5-2-6-21-36)43-28-12-14-30-45(43)53/h2,5-7,9-14,16-17,20-23,25-33,35H,1,3-4,8,15,18-19,24,34H2. The van der Waals surface area contributed by atoms with Gasteiger partial charge in [-0.05, 0) is 138 Å². The molecule has 0 nitrogen and oxygen atoms in total. The smallest absolute Gasteiger partial charge is 0.0836 e. The number of benzene rings is 7. The first-order chi connectivity index (χ1) is 27.3. The summed E-state index contributed by atoms with van der Waals surface area (Å²) in [4.78, 5) is 0. The van der Waals surface area contributed by atoms with Gasteiger partial charge < -0.3 is 0 Å². The highest BCUT2D eigenvalue weighted by atomic mass is 28.2. The fourth-order valence-corrected chi connectivity index (χ4v) is 12.1. The van der Waals surface area contributed by atoms with Crippen molar-refractivity contribution in [2.45, 2.75) is 63.7 Å². The number of fused-ring (bicyclic) bond motifs is 6. The Balaban J connectivity index is 1.12. The predicted molar refractivity (Wildman–Crippen MR) is 237 cm³/mol. The molecule has 0 saturated heterocycles. The third-order valence-corrected chi connectivity index (χ3v) is 14.3. The summed E-state index contributed by atoms with van der Waals surface area (Å²) in [6.07, 6.45) is 23.2. The molecule has 0 atom stereocenters. The van der Waals surface area contributed by atoms with Gasteiger partial charge in [0.1, 0.15) is 9.52 Å². The second-order valence-electron chi connectivity index (χ2n) is 16.0. The van der Waals surface area contributed by atoms with Crippen molar-refractivity contribution in [1.82, 2.24) is 0 Å². The molecule has 55 heavy (non-hydrogen) atoms. The van der Waals surface area contributed by atoms with Crippen LogP contribution in [0.25, 0.3) is 60.7 Å². The molecule has 0 amide bonds. The van der Waals surface area contributed by atoms with Gasteiger partial charge in [-0.25, -0.2) is 0 Å². The summed E-state index contributed by atoms with van der Waals surface area (Å²) in [6, 6.07) is 45.9. The number of allylic oxidation sites excluding steroid dienone is 7. The maximum Gasteiger partial charge on any atom is 0.123 e. The van der Waals surface area contributed by atoms with Crippen molar-refractivity contribution in [1.29, 1.82) is 0 Å². The third-order valence-electron chi connectivity index (χ3n) is 13.0. The molecule has 1 fully saturated rings. The van der Waals surface area contributed by atoms with E-state index in [4.69, 9.17) is 0 Å². The number of hydrogen-bond acceptors (Lipinski definition) is 0. The summed E-state index contributed by atoms with van der Waals surface area (Å²) in [5, 5.41) is 11.3. The molecular formula is C54H44Si. The molecule has 0 spiro atoms. The minimum atomic E-state index is 0.651. The molecule has 4 aliphatic rings. The molecule has 1 heterocycles. The van der Waals surface area contributed by atoms with E-state index >= 15 is 0 Å². The lowest BCUT2D eigenvalue weighted by molar-refractivity contribution is 0.445. The fraction of sp³-hybridized carbons (Fsp3) is 0.185. The lowest BCUT2D eigenvalue weighted by atomic mass is 9.74. The van der Waals surface area contributed by atoms with Crippen molar-refractivity contribution < 1.29 is 0 Å². The Morgan fingerprint density at radius 2 is 1.24 bits per heavy atom. The highest BCUT2D eigenvalue weighted by Crippen LogP contribution is 2.49. The van der Waals surface area contributed by atoms with E-state index in [1.54, 1.807) is 22.3 Å². The summed E-state index contributed by atoms with van der Waals surface area (Å²) in [5.41, 5.74) is 16.1. The first-order valence-electron chi connectivity index (χ1n) is 20.6. The Bertz CT molecular complexity index is 2740. The maximum atomic E-state index is 2.53. The monoisotopic (exact) mass is 720 g/mol. The first kappa shape index (κ1) is 32.9. The van der Waals surface area contributed by atoms with Gasteiger partial charge in [0.15, 0.2) is 0 Å². The number of rotatable bonds is 5. The van der Waals surface area contributed by atoms with E-state index in [1.165, 1.54) is 114 Å². The minimum Gasteiger partial charge on any atom is -0.0836 e. The Hall–Kier alpha value is -5.50. The predicted octanol–water partition coefficient (Wildman–Crippen LogP) is 13.5. The zero-order valence-corrected chi connectivity index (χ0v) is 32.4. The van der Waals surface area contributed by atoms with Crippen molar-refractivity contribution in [3.8, 4) is 11.1 Å². The van der Waals surface area contributed by atoms with E-state index < -0.39 is 0 Å². The molecule has 7 aromatic rings. The van der Waals surface area contributed by atoms with E-state index in [0.717, 1.165) is 25.7 Å². The average Bonchev–Trinajstić information content (AvgIpc) is 3.50. The van der Waals surface area contributed by atoms with Crippen LogP contribution in [-0.4, -0.2) is 9.52 Å². The SMILES string of the molecule is C1=CC2=C(C(c3c4ccccc4c(-c4ccccc4)c4ccccc34)=CC1)c1c(Cc3c4c(c(C5CCCCC5)c5ccccc35)C=CCC4)cccc1[Si]2. The normalized spacial score (nSPS) is 16.7. The van der Waals surface area contributed by atoms with Crippen molar-refractivity contribution in [2.24, 2.45) is 0 Å². The van der Waals surface area contributed by atoms with E-state index in [9.17, 15) is 0 Å². The summed E-state index contributed by atoms with van der Waals surface area (Å²) in [5.74, 6) is 0.669. The lowest BCUT2D eigenvalue weighted by Crippen LogP contribution is -2.16. The molecule has 1 aliphatic heterocycles. The maximum absolute atomic E-state index is 2.53. The molecule has 0 N–H and O–H groups in total. The molecule has 1 saturated carbocycles. The minimum absolute atomic E-state index is 0.651. The van der Waals surface area contributed by atoms with Gasteiger partial charge in [0.25, 0.3) is 0 Å². The highest BCUT2D eigenvalue weighted by molar-refractivity contribution is 6.68. The van der Waals surface area contributed by atoms with Gasteiger partial charge in [-0.3, -0.25) is 0 Å². The molecule has 0 aromatic heterocycles. The quantitative estimate of drug-likeness (QED) is 0.123. The second-order valence-corrected chi connectivity index (χ2v) is 17.3. The summed E-state index contributed by atoms with van der Waals surface area (Å²) >= 11 is 0. The van der Waals surface area contributed by atoms with Crippen LogP contribution in [0.1, 0.15) is 89.8 Å². The van der Waals surface area contributed by atoms with Gasteiger partial charge in [-0.2, -0.15) is 0 Å². The van der Waals surface area contributed by atoms with Crippen molar-refractivity contribution >= 4 is 64.2 Å². The van der Waals surface area contributed by atoms with Gasteiger partial charge in [-0.15, -0.1) is 0 Å². The van der Waals surface area contributed by atoms with E-state index in [2.05, 4.69) is 152 Å². The molecule has 11 rings (SSSR count). The van der Waals surface area contributed by atoms with E-state index in [-0.39, 0.29) is 0 Å². The molecule has 0 unspecified atom stereocenters. The lowest BCUT2D eigenvalue weighted by Gasteiger charge is -2.30. The third kappa shape index (κ3) is 5.39. The molecule has 7 aromatic carbocycles. The van der Waals surface area contributed by atoms with Crippen LogP contribution in [0.2, 0.25) is 0 Å². The van der Waals surface area contributed by atoms with Crippen LogP contribution in [0.15, 0.2) is 151 Å². The zero-order chi connectivity index (χ0) is 36.3. The van der Waals surface area contributed by atoms with Crippen LogP contribution in [0.5, 0.6) is 0 Å². The van der Waals surface area contributed by atoms with Gasteiger partial charge >= 0.3 is 0 Å². The van der Waals surface area contributed by atoms with Gasteiger partial charge in [0.2, 0.25) is 0 Å². The summed E-state index contributed by atoms with van der Waals surface area (Å²) < 4.78 is 0. The van der Waals surface area contributed by atoms with Crippen LogP contribution in [0.4, 0.5) is 0 Å². The summed E-state index contributed by atoms with van der Waals surface area (Å²) in [7, 11) is 0.651. The fourth-order valence-electron chi connectivity index (χ4n) is 10.7. The zero-order valence-electron chi connectivity index (χ0n) is 31.4. The molecule has 0 bridgehead atoms. The van der Waals surface area contributed by atoms with Crippen LogP contribution < -0.4 is 5.19 Å². The van der Waals surface area contributed by atoms with Crippen LogP contribution >= 0.6 is 0 Å². The largest absolute Gasteiger partial charge is 0.123 e. The van der Waals surface area contributed by atoms with Gasteiger partial charge in [-0.1, -0.05) is 181 Å². The molecular weight excluding hydrogens is 677 g/mol. The Morgan fingerprint density at radius 1 is 0.564 bits per heavy atom. The molecule has 1 heteroatoms. The Morgan fingerprint density at radius 3 is 1.98 bits per heavy atom. The highest BCUT2D eigenvalue weighted by Gasteiger charge is 2.31. The van der Waals surface area contributed by atoms with Gasteiger partial charge in [0.05, 0.1) is 0 Å². The molecule has 2 radical (unpaired) electrons. The topological polar surface area (TPSA) is 0 Å². The first-order valence-corrected chi connectivity index (χ1v) is 21.6. The van der Waals surface area contributed by atoms with E-state index in [0.29, 0.717) is 15.4 Å². The average molecular weight is 721 g/mol. The second kappa shape index (κ2) is 13.7. The molecule has 264 valence electrons. The van der Waals surface area contributed by atoms with Crippen molar-refractivity contribution in [3.63, 3.8) is 0 Å². The number of hydrogen-bond donors (Lipinski definition) is 0. The van der Waals surface area contributed by atoms with Crippen LogP contribution in [0, 0.1) is 0 Å². The van der Waals surface area contributed by atoms with Crippen molar-refractivity contribution in [2.75, 3.05) is 0 Å². The van der Waals surface area contributed by atoms with E-state index in [1.807, 2.05) is 0 Å².